The van der Waals surface area contributed by atoms with E-state index in [-0.39, 0.29) is 11.8 Å². The quantitative estimate of drug-likeness (QED) is 0.459. The number of anilines is 2. The van der Waals surface area contributed by atoms with E-state index in [1.54, 1.807) is 12.1 Å². The van der Waals surface area contributed by atoms with Crippen LogP contribution in [0.1, 0.15) is 12.8 Å². The van der Waals surface area contributed by atoms with Crippen molar-refractivity contribution in [2.45, 2.75) is 18.9 Å². The van der Waals surface area contributed by atoms with E-state index in [2.05, 4.69) is 20.8 Å². The van der Waals surface area contributed by atoms with Crippen molar-refractivity contribution in [1.29, 1.82) is 0 Å². The summed E-state index contributed by atoms with van der Waals surface area (Å²) in [5, 5.41) is 13.2. The minimum Gasteiger partial charge on any atom is -0.399 e. The Bertz CT molecular complexity index is 663. The number of nitrogens with zero attached hydrogens (tertiary/aromatic N) is 1. The van der Waals surface area contributed by atoms with Crippen LogP contribution in [0.4, 0.5) is 11.5 Å². The van der Waals surface area contributed by atoms with E-state index < -0.39 is 6.04 Å². The second-order valence-electron chi connectivity index (χ2n) is 4.53. The molecular formula is C12H13N5O2. The van der Waals surface area contributed by atoms with Crippen molar-refractivity contribution in [2.75, 3.05) is 11.1 Å². The van der Waals surface area contributed by atoms with Crippen LogP contribution in [-0.2, 0) is 9.59 Å². The summed E-state index contributed by atoms with van der Waals surface area (Å²) >= 11 is 0. The smallest absolute Gasteiger partial charge is 0.249 e. The van der Waals surface area contributed by atoms with E-state index in [0.29, 0.717) is 24.3 Å². The molecule has 1 saturated heterocycles. The van der Waals surface area contributed by atoms with E-state index in [4.69, 9.17) is 5.73 Å². The number of nitrogens with one attached hydrogen (secondary N) is 3. The van der Waals surface area contributed by atoms with Crippen LogP contribution in [0.15, 0.2) is 18.2 Å². The number of H-pyrrole nitrogens is 1. The van der Waals surface area contributed by atoms with E-state index in [0.717, 1.165) is 10.9 Å². The molecule has 1 aliphatic heterocycles. The number of hydrogen-bond donors (Lipinski definition) is 4. The Kier molecular flexibility index (Phi) is 2.59. The average Bonchev–Trinajstić information content (AvgIpc) is 2.75. The van der Waals surface area contributed by atoms with Crippen LogP contribution in [0.3, 0.4) is 0 Å². The minimum absolute atomic E-state index is 0.234. The summed E-state index contributed by atoms with van der Waals surface area (Å²) in [6, 6.07) is 4.94. The molecule has 1 aromatic heterocycles. The van der Waals surface area contributed by atoms with Gasteiger partial charge in [-0.1, -0.05) is 0 Å². The van der Waals surface area contributed by atoms with Gasteiger partial charge in [0.1, 0.15) is 6.04 Å². The van der Waals surface area contributed by atoms with Crippen molar-refractivity contribution in [3.05, 3.63) is 18.2 Å². The van der Waals surface area contributed by atoms with Crippen LogP contribution in [0.25, 0.3) is 10.9 Å². The first-order valence-electron chi connectivity index (χ1n) is 5.97. The van der Waals surface area contributed by atoms with Crippen molar-refractivity contribution < 1.29 is 9.59 Å². The molecule has 1 aromatic carbocycles. The number of hydrogen-bond acceptors (Lipinski definition) is 5. The van der Waals surface area contributed by atoms with Gasteiger partial charge in [0, 0.05) is 17.5 Å². The summed E-state index contributed by atoms with van der Waals surface area (Å²) in [7, 11) is 0. The highest BCUT2D eigenvalue weighted by molar-refractivity contribution is 6.02. The second kappa shape index (κ2) is 4.27. The number of carbonyl (C=O) groups excluding carboxylic acids is 2. The van der Waals surface area contributed by atoms with Gasteiger partial charge in [-0.3, -0.25) is 20.0 Å². The van der Waals surface area contributed by atoms with Gasteiger partial charge in [0.25, 0.3) is 0 Å². The molecule has 5 N–H and O–H groups in total. The van der Waals surface area contributed by atoms with Crippen LogP contribution in [0, 0.1) is 0 Å². The predicted molar refractivity (Wildman–Crippen MR) is 70.3 cm³/mol. The largest absolute Gasteiger partial charge is 0.399 e. The fraction of sp³-hybridized carbons (Fsp3) is 0.250. The first kappa shape index (κ1) is 11.5. The highest BCUT2D eigenvalue weighted by atomic mass is 16.2. The molecule has 1 fully saturated rings. The Morgan fingerprint density at radius 1 is 1.37 bits per heavy atom. The van der Waals surface area contributed by atoms with Gasteiger partial charge in [0.15, 0.2) is 5.82 Å². The number of nitrogens with two attached hydrogens (primary N) is 1. The van der Waals surface area contributed by atoms with Gasteiger partial charge in [-0.05, 0) is 24.6 Å². The molecule has 0 bridgehead atoms. The van der Waals surface area contributed by atoms with Gasteiger partial charge < -0.3 is 11.1 Å². The number of amides is 2. The third-order valence-corrected chi connectivity index (χ3v) is 3.14. The molecule has 3 rings (SSSR count). The van der Waals surface area contributed by atoms with Crippen LogP contribution >= 0.6 is 0 Å². The Morgan fingerprint density at radius 3 is 3.00 bits per heavy atom. The number of benzene rings is 1. The topological polar surface area (TPSA) is 113 Å². The molecule has 2 amide bonds. The zero-order valence-electron chi connectivity index (χ0n) is 10.1. The van der Waals surface area contributed by atoms with Gasteiger partial charge >= 0.3 is 0 Å². The zero-order chi connectivity index (χ0) is 13.4. The summed E-state index contributed by atoms with van der Waals surface area (Å²) in [5.41, 5.74) is 7.13. The number of aromatic amines is 1. The zero-order valence-corrected chi connectivity index (χ0v) is 10.1. The maximum absolute atomic E-state index is 11.7. The Hall–Kier alpha value is -2.57. The van der Waals surface area contributed by atoms with Gasteiger partial charge in [-0.15, -0.1) is 0 Å². The predicted octanol–water partition coefficient (Wildman–Crippen LogP) is 0.362. The first-order chi connectivity index (χ1) is 9.13. The first-order valence-corrected chi connectivity index (χ1v) is 5.97. The van der Waals surface area contributed by atoms with E-state index >= 15 is 0 Å². The number of aromatic nitrogens is 2. The minimum atomic E-state index is -0.443. The Morgan fingerprint density at radius 2 is 2.21 bits per heavy atom. The highest BCUT2D eigenvalue weighted by Crippen LogP contribution is 2.23. The fourth-order valence-electron chi connectivity index (χ4n) is 2.14. The summed E-state index contributed by atoms with van der Waals surface area (Å²) < 4.78 is 0. The van der Waals surface area contributed by atoms with Gasteiger partial charge in [-0.2, -0.15) is 5.10 Å². The average molecular weight is 259 g/mol. The molecule has 2 heterocycles. The van der Waals surface area contributed by atoms with Crippen molar-refractivity contribution in [3.63, 3.8) is 0 Å². The number of fused-ring (bicyclic) bond motifs is 1. The molecule has 1 atom stereocenters. The number of piperidine rings is 1. The van der Waals surface area contributed by atoms with Crippen LogP contribution < -0.4 is 16.4 Å². The molecule has 7 heteroatoms. The molecule has 0 radical (unpaired) electrons. The number of imide groups is 1. The molecule has 0 saturated carbocycles. The van der Waals surface area contributed by atoms with Crippen molar-refractivity contribution >= 4 is 34.2 Å². The lowest BCUT2D eigenvalue weighted by Crippen LogP contribution is -2.47. The molecule has 19 heavy (non-hydrogen) atoms. The number of nitrogen functional groups attached to an aromatic ring is 1. The van der Waals surface area contributed by atoms with Gasteiger partial charge in [-0.25, -0.2) is 0 Å². The number of carbonyl (C=O) groups is 2. The lowest BCUT2D eigenvalue weighted by atomic mass is 10.1. The fourth-order valence-corrected chi connectivity index (χ4v) is 2.14. The lowest BCUT2D eigenvalue weighted by Gasteiger charge is -2.21. The monoisotopic (exact) mass is 259 g/mol. The Balaban J connectivity index is 1.85. The lowest BCUT2D eigenvalue weighted by molar-refractivity contribution is -0.133. The molecule has 1 unspecified atom stereocenters. The molecule has 0 aliphatic carbocycles. The van der Waals surface area contributed by atoms with Crippen molar-refractivity contribution in [2.24, 2.45) is 0 Å². The molecule has 98 valence electrons. The molecule has 0 spiro atoms. The van der Waals surface area contributed by atoms with Crippen molar-refractivity contribution in [3.8, 4) is 0 Å². The highest BCUT2D eigenvalue weighted by Gasteiger charge is 2.27. The summed E-state index contributed by atoms with van der Waals surface area (Å²) in [6.45, 7) is 0. The molecule has 7 nitrogen and oxygen atoms in total. The van der Waals surface area contributed by atoms with Crippen LogP contribution in [0.2, 0.25) is 0 Å². The van der Waals surface area contributed by atoms with Gasteiger partial charge in [0.2, 0.25) is 11.8 Å². The van der Waals surface area contributed by atoms with Crippen LogP contribution in [-0.4, -0.2) is 28.1 Å². The number of rotatable bonds is 2. The molecule has 2 aromatic rings. The van der Waals surface area contributed by atoms with E-state index in [1.165, 1.54) is 0 Å². The second-order valence-corrected chi connectivity index (χ2v) is 4.53. The van der Waals surface area contributed by atoms with Crippen LogP contribution in [0.5, 0.6) is 0 Å². The van der Waals surface area contributed by atoms with E-state index in [9.17, 15) is 9.59 Å². The molecule has 1 aliphatic rings. The summed E-state index contributed by atoms with van der Waals surface area (Å²) in [5.74, 6) is 0.0371. The Labute approximate surface area is 108 Å². The molecular weight excluding hydrogens is 246 g/mol. The summed E-state index contributed by atoms with van der Waals surface area (Å²) in [4.78, 5) is 22.7. The standard InChI is InChI=1S/C12H13N5O2/c13-6-1-2-7-9(5-6)16-17-11(7)14-8-3-4-10(18)15-12(8)19/h1-2,5,8H,3-4,13H2,(H2,14,16,17)(H,15,18,19). The SMILES string of the molecule is Nc1ccc2c(NC3CCC(=O)NC3=O)n[nH]c2c1. The maximum Gasteiger partial charge on any atom is 0.249 e. The summed E-state index contributed by atoms with van der Waals surface area (Å²) in [6.07, 6.45) is 0.798. The van der Waals surface area contributed by atoms with E-state index in [1.807, 2.05) is 6.07 Å². The third-order valence-electron chi connectivity index (χ3n) is 3.14. The van der Waals surface area contributed by atoms with Crippen molar-refractivity contribution in [1.82, 2.24) is 15.5 Å². The maximum atomic E-state index is 11.7. The normalized spacial score (nSPS) is 19.5. The third kappa shape index (κ3) is 2.10. The van der Waals surface area contributed by atoms with Gasteiger partial charge in [0.05, 0.1) is 5.52 Å².